The lowest BCUT2D eigenvalue weighted by Crippen LogP contribution is -2.50. The number of carbonyl (C=O) groups excluding carboxylic acids is 3. The molecule has 3 fully saturated rings. The van der Waals surface area contributed by atoms with Gasteiger partial charge in [0.2, 0.25) is 5.91 Å². The van der Waals surface area contributed by atoms with Gasteiger partial charge in [0, 0.05) is 41.6 Å². The molecular weight excluding hydrogens is 639 g/mol. The molecule has 12 heteroatoms. The lowest BCUT2D eigenvalue weighted by molar-refractivity contribution is -0.124. The van der Waals surface area contributed by atoms with Crippen molar-refractivity contribution in [2.24, 2.45) is 11.3 Å². The second-order valence-electron chi connectivity index (χ2n) is 15.5. The van der Waals surface area contributed by atoms with Gasteiger partial charge in [-0.1, -0.05) is 11.8 Å². The zero-order chi connectivity index (χ0) is 34.7. The summed E-state index contributed by atoms with van der Waals surface area (Å²) in [5, 5.41) is 13.5. The maximum Gasteiger partial charge on any atom is 0.410 e. The van der Waals surface area contributed by atoms with E-state index >= 15 is 0 Å². The summed E-state index contributed by atoms with van der Waals surface area (Å²) >= 11 is 5.72. The van der Waals surface area contributed by atoms with Crippen molar-refractivity contribution in [3.8, 4) is 11.8 Å². The van der Waals surface area contributed by atoms with Gasteiger partial charge in [0.05, 0.1) is 17.1 Å². The maximum absolute atomic E-state index is 14.2. The van der Waals surface area contributed by atoms with E-state index in [2.05, 4.69) is 29.8 Å². The lowest BCUT2D eigenvalue weighted by atomic mass is 9.85. The second-order valence-corrected chi connectivity index (χ2v) is 17.3. The molecular formula is C35H51N3O7S2. The molecule has 1 unspecified atom stereocenters. The summed E-state index contributed by atoms with van der Waals surface area (Å²) in [5.74, 6) is 5.00. The third kappa shape index (κ3) is 10.3. The highest BCUT2D eigenvalue weighted by Crippen LogP contribution is 2.39. The van der Waals surface area contributed by atoms with Gasteiger partial charge in [0.1, 0.15) is 16.1 Å². The molecule has 1 aromatic rings. The number of hydrogen-bond acceptors (Lipinski definition) is 8. The van der Waals surface area contributed by atoms with E-state index in [0.717, 1.165) is 37.0 Å². The number of likely N-dealkylation sites (tertiary alicyclic amines) is 1. The number of ether oxygens (including phenoxy) is 2. The molecule has 4 rings (SSSR count). The molecule has 47 heavy (non-hydrogen) atoms. The number of hydrogen-bond donors (Lipinski definition) is 3. The first-order chi connectivity index (χ1) is 21.8. The molecule has 0 aromatic carbocycles. The summed E-state index contributed by atoms with van der Waals surface area (Å²) in [7, 11) is 0. The maximum atomic E-state index is 14.2. The largest absolute Gasteiger partial charge is 0.477 e. The zero-order valence-electron chi connectivity index (χ0n) is 28.8. The van der Waals surface area contributed by atoms with Gasteiger partial charge in [-0.05, 0) is 106 Å². The number of carbonyl (C=O) groups is 4. The summed E-state index contributed by atoms with van der Waals surface area (Å²) in [5.41, 5.74) is -1.28. The molecule has 1 saturated heterocycles. The highest BCUT2D eigenvalue weighted by Gasteiger charge is 2.42. The molecule has 0 spiro atoms. The van der Waals surface area contributed by atoms with E-state index in [1.165, 1.54) is 0 Å². The topological polar surface area (TPSA) is 125 Å². The first kappa shape index (κ1) is 36.9. The Balaban J connectivity index is 1.44. The fourth-order valence-corrected chi connectivity index (χ4v) is 7.58. The average molecular weight is 690 g/mol. The predicted octanol–water partition coefficient (Wildman–Crippen LogP) is 7.10. The summed E-state index contributed by atoms with van der Waals surface area (Å²) < 4.78 is 11.3. The Morgan fingerprint density at radius 2 is 1.68 bits per heavy atom. The number of anilines is 1. The summed E-state index contributed by atoms with van der Waals surface area (Å²) in [4.78, 5) is 56.2. The van der Waals surface area contributed by atoms with E-state index in [1.807, 2.05) is 48.5 Å². The zero-order valence-corrected chi connectivity index (χ0v) is 30.5. The molecule has 2 heterocycles. The average Bonchev–Trinajstić information content (AvgIpc) is 3.56. The minimum absolute atomic E-state index is 0.0413. The van der Waals surface area contributed by atoms with Gasteiger partial charge in [-0.15, -0.1) is 11.3 Å². The molecule has 10 nitrogen and oxygen atoms in total. The van der Waals surface area contributed by atoms with Crippen LogP contribution in [0.5, 0.6) is 0 Å². The van der Waals surface area contributed by atoms with Gasteiger partial charge in [-0.2, -0.15) is 12.6 Å². The number of thiophene rings is 1. The van der Waals surface area contributed by atoms with Gasteiger partial charge in [-0.3, -0.25) is 4.79 Å². The van der Waals surface area contributed by atoms with Crippen LogP contribution >= 0.6 is 24.0 Å². The van der Waals surface area contributed by atoms with Crippen LogP contribution in [-0.2, 0) is 14.3 Å². The number of rotatable bonds is 6. The number of aromatic carboxylic acids is 1. The Kier molecular flexibility index (Phi) is 11.5. The van der Waals surface area contributed by atoms with Crippen LogP contribution in [0.2, 0.25) is 0 Å². The minimum Gasteiger partial charge on any atom is -0.477 e. The highest BCUT2D eigenvalue weighted by molar-refractivity contribution is 7.80. The third-order valence-corrected chi connectivity index (χ3v) is 10.4. The molecule has 3 aliphatic rings. The Hall–Kier alpha value is -2.91. The monoisotopic (exact) mass is 689 g/mol. The van der Waals surface area contributed by atoms with Gasteiger partial charge in [0.15, 0.2) is 0 Å². The lowest BCUT2D eigenvalue weighted by Gasteiger charge is -2.39. The van der Waals surface area contributed by atoms with Crippen LogP contribution in [0.3, 0.4) is 0 Å². The molecule has 1 aromatic heterocycles. The van der Waals surface area contributed by atoms with E-state index in [0.29, 0.717) is 49.2 Å². The van der Waals surface area contributed by atoms with Gasteiger partial charge in [-0.25, -0.2) is 14.4 Å². The number of carboxylic acid groups (broad SMARTS) is 1. The van der Waals surface area contributed by atoms with Crippen molar-refractivity contribution in [3.05, 3.63) is 15.8 Å². The van der Waals surface area contributed by atoms with E-state index in [4.69, 9.17) is 9.47 Å². The smallest absolute Gasteiger partial charge is 0.410 e. The second kappa shape index (κ2) is 14.7. The van der Waals surface area contributed by atoms with Crippen molar-refractivity contribution < 1.29 is 33.8 Å². The Morgan fingerprint density at radius 1 is 1.04 bits per heavy atom. The molecule has 3 amide bonds. The van der Waals surface area contributed by atoms with Crippen LogP contribution in [0, 0.1) is 23.2 Å². The van der Waals surface area contributed by atoms with Crippen LogP contribution in [0.1, 0.15) is 121 Å². The predicted molar refractivity (Wildman–Crippen MR) is 186 cm³/mol. The number of thiol groups is 1. The van der Waals surface area contributed by atoms with Crippen LogP contribution in [0.15, 0.2) is 6.07 Å². The minimum atomic E-state index is -1.07. The number of carboxylic acids is 1. The number of nitrogens with one attached hydrogen (secondary N) is 1. The standard InChI is InChI=1S/C35H51N3O7S2/c1-33(2,3)17-16-26-20-27(28(47-26)30(40)41)38(29(39)22-8-14-25(46)15-9-22)24-12-10-23(11-13-24)36-31(42)44-35(7)18-19-37(21-35)32(43)45-34(4,5)6/h20,22-25,46H,8-15,18-19,21H2,1-7H3,(H,36,42)(H,40,41). The molecule has 2 aliphatic carbocycles. The molecule has 1 atom stereocenters. The fourth-order valence-electron chi connectivity index (χ4n) is 6.44. The van der Waals surface area contributed by atoms with E-state index in [9.17, 15) is 24.3 Å². The van der Waals surface area contributed by atoms with Crippen molar-refractivity contribution in [1.29, 1.82) is 0 Å². The van der Waals surface area contributed by atoms with E-state index in [1.54, 1.807) is 15.9 Å². The molecule has 2 saturated carbocycles. The summed E-state index contributed by atoms with van der Waals surface area (Å²) in [6.45, 7) is 13.9. The third-order valence-electron chi connectivity index (χ3n) is 8.82. The molecule has 0 bridgehead atoms. The summed E-state index contributed by atoms with van der Waals surface area (Å²) in [6.07, 6.45) is 5.09. The van der Waals surface area contributed by atoms with Crippen molar-refractivity contribution in [3.63, 3.8) is 0 Å². The number of alkyl carbamates (subject to hydrolysis) is 1. The van der Waals surface area contributed by atoms with E-state index in [-0.39, 0.29) is 46.0 Å². The van der Waals surface area contributed by atoms with Crippen LogP contribution in [-0.4, -0.2) is 75.7 Å². The molecule has 260 valence electrons. The first-order valence-electron chi connectivity index (χ1n) is 16.7. The highest BCUT2D eigenvalue weighted by atomic mass is 32.1. The molecule has 0 radical (unpaired) electrons. The van der Waals surface area contributed by atoms with Crippen molar-refractivity contribution in [2.45, 2.75) is 135 Å². The van der Waals surface area contributed by atoms with Gasteiger partial charge >= 0.3 is 18.2 Å². The Labute approximate surface area is 288 Å². The number of amides is 3. The van der Waals surface area contributed by atoms with Crippen molar-refractivity contribution >= 4 is 53.7 Å². The van der Waals surface area contributed by atoms with Gasteiger partial charge < -0.3 is 29.7 Å². The molecule has 1 aliphatic heterocycles. The summed E-state index contributed by atoms with van der Waals surface area (Å²) in [6, 6.07) is 1.40. The Bertz CT molecular complexity index is 1390. The Morgan fingerprint density at radius 3 is 2.26 bits per heavy atom. The van der Waals surface area contributed by atoms with Crippen molar-refractivity contribution in [1.82, 2.24) is 10.2 Å². The van der Waals surface area contributed by atoms with Crippen LogP contribution < -0.4 is 10.2 Å². The first-order valence-corrected chi connectivity index (χ1v) is 18.0. The van der Waals surface area contributed by atoms with E-state index < -0.39 is 29.4 Å². The SMILES string of the molecule is CC(C)(C)C#Cc1cc(N(C(=O)C2CCC(S)CC2)C2CCC(NC(=O)OC3(C)CCN(C(=O)OC(C)(C)C)C3)CC2)c(C(=O)O)s1. The quantitative estimate of drug-likeness (QED) is 0.215. The normalized spacial score (nSPS) is 26.5. The van der Waals surface area contributed by atoms with Crippen molar-refractivity contribution in [2.75, 3.05) is 18.0 Å². The van der Waals surface area contributed by atoms with Crippen LogP contribution in [0.25, 0.3) is 0 Å². The fraction of sp³-hybridized carbons (Fsp3) is 0.714. The molecule has 2 N–H and O–H groups in total. The van der Waals surface area contributed by atoms with Crippen LogP contribution in [0.4, 0.5) is 15.3 Å². The number of nitrogens with zero attached hydrogens (tertiary/aromatic N) is 2. The van der Waals surface area contributed by atoms with Gasteiger partial charge in [0.25, 0.3) is 0 Å².